The summed E-state index contributed by atoms with van der Waals surface area (Å²) in [5.74, 6) is 1.30. The van der Waals surface area contributed by atoms with Crippen LogP contribution in [0.25, 0.3) is 0 Å². The SMILES string of the molecule is CCC(=O)OCC(C)(C)OC(C)C1CCCC(C)C1. The molecule has 1 aliphatic carbocycles. The number of esters is 1. The van der Waals surface area contributed by atoms with Crippen LogP contribution in [0.5, 0.6) is 0 Å². The van der Waals surface area contributed by atoms with Crippen molar-refractivity contribution in [3.63, 3.8) is 0 Å². The summed E-state index contributed by atoms with van der Waals surface area (Å²) in [5.41, 5.74) is -0.398. The van der Waals surface area contributed by atoms with Crippen molar-refractivity contribution in [3.8, 4) is 0 Å². The van der Waals surface area contributed by atoms with Crippen molar-refractivity contribution in [2.24, 2.45) is 11.8 Å². The summed E-state index contributed by atoms with van der Waals surface area (Å²) in [6.45, 7) is 10.6. The van der Waals surface area contributed by atoms with Gasteiger partial charge in [-0.05, 0) is 45.4 Å². The van der Waals surface area contributed by atoms with Crippen LogP contribution in [-0.4, -0.2) is 24.3 Å². The van der Waals surface area contributed by atoms with Crippen LogP contribution in [0, 0.1) is 11.8 Å². The van der Waals surface area contributed by atoms with Gasteiger partial charge in [0.2, 0.25) is 0 Å². The Morgan fingerprint density at radius 1 is 1.37 bits per heavy atom. The highest BCUT2D eigenvalue weighted by molar-refractivity contribution is 5.68. The zero-order chi connectivity index (χ0) is 14.5. The summed E-state index contributed by atoms with van der Waals surface area (Å²) < 4.78 is 11.3. The average molecular weight is 270 g/mol. The Kier molecular flexibility index (Phi) is 6.31. The van der Waals surface area contributed by atoms with Crippen molar-refractivity contribution in [2.45, 2.75) is 78.4 Å². The minimum absolute atomic E-state index is 0.157. The van der Waals surface area contributed by atoms with Crippen molar-refractivity contribution in [1.29, 1.82) is 0 Å². The molecule has 3 unspecified atom stereocenters. The molecule has 0 saturated heterocycles. The molecule has 0 aliphatic heterocycles. The Hall–Kier alpha value is -0.570. The minimum Gasteiger partial charge on any atom is -0.463 e. The van der Waals surface area contributed by atoms with E-state index < -0.39 is 5.60 Å². The van der Waals surface area contributed by atoms with E-state index in [0.29, 0.717) is 18.9 Å². The maximum Gasteiger partial charge on any atom is 0.305 e. The third-order valence-corrected chi connectivity index (χ3v) is 4.02. The Morgan fingerprint density at radius 3 is 2.63 bits per heavy atom. The van der Waals surface area contributed by atoms with Gasteiger partial charge < -0.3 is 9.47 Å². The maximum atomic E-state index is 11.2. The molecular formula is C16H30O3. The van der Waals surface area contributed by atoms with Crippen LogP contribution in [0.2, 0.25) is 0 Å². The lowest BCUT2D eigenvalue weighted by Gasteiger charge is -2.36. The molecule has 0 spiro atoms. The fourth-order valence-corrected chi connectivity index (χ4v) is 2.90. The monoisotopic (exact) mass is 270 g/mol. The van der Waals surface area contributed by atoms with Gasteiger partial charge in [-0.2, -0.15) is 0 Å². The predicted molar refractivity (Wildman–Crippen MR) is 77.0 cm³/mol. The van der Waals surface area contributed by atoms with Crippen molar-refractivity contribution < 1.29 is 14.3 Å². The zero-order valence-corrected chi connectivity index (χ0v) is 13.2. The van der Waals surface area contributed by atoms with Gasteiger partial charge in [-0.3, -0.25) is 4.79 Å². The summed E-state index contributed by atoms with van der Waals surface area (Å²) in [7, 11) is 0. The highest BCUT2D eigenvalue weighted by Crippen LogP contribution is 2.33. The zero-order valence-electron chi connectivity index (χ0n) is 13.2. The van der Waals surface area contributed by atoms with Crippen LogP contribution >= 0.6 is 0 Å². The second-order valence-corrected chi connectivity index (χ2v) is 6.63. The normalized spacial score (nSPS) is 25.9. The van der Waals surface area contributed by atoms with E-state index in [4.69, 9.17) is 9.47 Å². The highest BCUT2D eigenvalue weighted by Gasteiger charge is 2.30. The summed E-state index contributed by atoms with van der Waals surface area (Å²) >= 11 is 0. The molecule has 3 atom stereocenters. The third kappa shape index (κ3) is 5.94. The molecule has 0 aromatic rings. The van der Waals surface area contributed by atoms with Crippen LogP contribution in [0.15, 0.2) is 0 Å². The van der Waals surface area contributed by atoms with E-state index in [1.165, 1.54) is 25.7 Å². The predicted octanol–water partition coefficient (Wildman–Crippen LogP) is 3.95. The second kappa shape index (κ2) is 7.28. The smallest absolute Gasteiger partial charge is 0.305 e. The summed E-state index contributed by atoms with van der Waals surface area (Å²) in [6.07, 6.45) is 5.83. The summed E-state index contributed by atoms with van der Waals surface area (Å²) in [4.78, 5) is 11.2. The molecule has 3 nitrogen and oxygen atoms in total. The van der Waals surface area contributed by atoms with Crippen LogP contribution in [0.4, 0.5) is 0 Å². The fourth-order valence-electron chi connectivity index (χ4n) is 2.90. The van der Waals surface area contributed by atoms with E-state index in [1.54, 1.807) is 0 Å². The summed E-state index contributed by atoms with van der Waals surface area (Å²) in [5, 5.41) is 0. The van der Waals surface area contributed by atoms with E-state index >= 15 is 0 Å². The van der Waals surface area contributed by atoms with Crippen LogP contribution in [0.3, 0.4) is 0 Å². The van der Waals surface area contributed by atoms with Gasteiger partial charge in [0.05, 0.1) is 11.7 Å². The molecule has 1 aliphatic rings. The Balaban J connectivity index is 2.40. The quantitative estimate of drug-likeness (QED) is 0.686. The summed E-state index contributed by atoms with van der Waals surface area (Å²) in [6, 6.07) is 0. The van der Waals surface area contributed by atoms with Crippen LogP contribution in [-0.2, 0) is 14.3 Å². The molecule has 3 heteroatoms. The first-order valence-electron chi connectivity index (χ1n) is 7.67. The minimum atomic E-state index is -0.398. The van der Waals surface area contributed by atoms with E-state index in [0.717, 1.165) is 5.92 Å². The molecular weight excluding hydrogens is 240 g/mol. The molecule has 0 amide bonds. The molecule has 0 aromatic heterocycles. The molecule has 1 rings (SSSR count). The number of ether oxygens (including phenoxy) is 2. The van der Waals surface area contributed by atoms with E-state index in [2.05, 4.69) is 13.8 Å². The van der Waals surface area contributed by atoms with Gasteiger partial charge in [0.1, 0.15) is 6.61 Å². The van der Waals surface area contributed by atoms with Crippen molar-refractivity contribution >= 4 is 5.97 Å². The molecule has 19 heavy (non-hydrogen) atoms. The molecule has 0 N–H and O–H groups in total. The number of hydrogen-bond donors (Lipinski definition) is 0. The number of rotatable bonds is 6. The second-order valence-electron chi connectivity index (χ2n) is 6.63. The average Bonchev–Trinajstić information content (AvgIpc) is 2.35. The first-order valence-corrected chi connectivity index (χ1v) is 7.67. The number of hydrogen-bond acceptors (Lipinski definition) is 3. The largest absolute Gasteiger partial charge is 0.463 e. The fraction of sp³-hybridized carbons (Fsp3) is 0.938. The molecule has 0 aromatic carbocycles. The van der Waals surface area contributed by atoms with Gasteiger partial charge in [-0.15, -0.1) is 0 Å². The Morgan fingerprint density at radius 2 is 2.05 bits per heavy atom. The molecule has 0 heterocycles. The van der Waals surface area contributed by atoms with Gasteiger partial charge in [0, 0.05) is 6.42 Å². The third-order valence-electron chi connectivity index (χ3n) is 4.02. The van der Waals surface area contributed by atoms with Gasteiger partial charge in [-0.1, -0.05) is 26.7 Å². The molecule has 1 fully saturated rings. The van der Waals surface area contributed by atoms with E-state index in [9.17, 15) is 4.79 Å². The molecule has 0 bridgehead atoms. The molecule has 1 saturated carbocycles. The Bertz CT molecular complexity index is 286. The highest BCUT2D eigenvalue weighted by atomic mass is 16.6. The lowest BCUT2D eigenvalue weighted by atomic mass is 9.80. The van der Waals surface area contributed by atoms with Crippen molar-refractivity contribution in [1.82, 2.24) is 0 Å². The first kappa shape index (κ1) is 16.5. The van der Waals surface area contributed by atoms with Crippen molar-refractivity contribution in [2.75, 3.05) is 6.61 Å². The van der Waals surface area contributed by atoms with Gasteiger partial charge in [0.15, 0.2) is 0 Å². The maximum absolute atomic E-state index is 11.2. The Labute approximate surface area is 118 Å². The van der Waals surface area contributed by atoms with Gasteiger partial charge >= 0.3 is 5.97 Å². The van der Waals surface area contributed by atoms with E-state index in [1.807, 2.05) is 20.8 Å². The number of carbonyl (C=O) groups excluding carboxylic acids is 1. The lowest BCUT2D eigenvalue weighted by Crippen LogP contribution is -2.39. The number of carbonyl (C=O) groups is 1. The molecule has 112 valence electrons. The van der Waals surface area contributed by atoms with E-state index in [-0.39, 0.29) is 12.1 Å². The van der Waals surface area contributed by atoms with Gasteiger partial charge in [-0.25, -0.2) is 0 Å². The lowest BCUT2D eigenvalue weighted by molar-refractivity contribution is -0.161. The standard InChI is InChI=1S/C16H30O3/c1-6-15(17)18-11-16(4,5)19-13(3)14-9-7-8-12(2)10-14/h12-14H,6-11H2,1-5H3. The first-order chi connectivity index (χ1) is 8.84. The van der Waals surface area contributed by atoms with Crippen molar-refractivity contribution in [3.05, 3.63) is 0 Å². The molecule has 0 radical (unpaired) electrons. The van der Waals surface area contributed by atoms with Gasteiger partial charge in [0.25, 0.3) is 0 Å². The van der Waals surface area contributed by atoms with Crippen LogP contribution in [0.1, 0.15) is 66.7 Å². The topological polar surface area (TPSA) is 35.5 Å². The van der Waals surface area contributed by atoms with Crippen LogP contribution < -0.4 is 0 Å².